The van der Waals surface area contributed by atoms with Crippen molar-refractivity contribution in [3.63, 3.8) is 0 Å². The molecule has 4 aromatic rings. The molecule has 5 rings (SSSR count). The molecule has 0 aliphatic carbocycles. The van der Waals surface area contributed by atoms with Crippen molar-refractivity contribution in [2.45, 2.75) is 6.36 Å². The average Bonchev–Trinajstić information content (AvgIpc) is 3.40. The van der Waals surface area contributed by atoms with Crippen LogP contribution in [-0.2, 0) is 0 Å². The summed E-state index contributed by atoms with van der Waals surface area (Å²) in [5.74, 6) is 1.71. The maximum absolute atomic E-state index is 13.0. The smallest absolute Gasteiger partial charge is 0.493 e. The number of alkyl halides is 3. The molecule has 1 saturated heterocycles. The second-order valence-electron chi connectivity index (χ2n) is 8.39. The Morgan fingerprint density at radius 3 is 2.29 bits per heavy atom. The van der Waals surface area contributed by atoms with E-state index in [0.29, 0.717) is 43.5 Å². The highest BCUT2D eigenvalue weighted by molar-refractivity contribution is 5.94. The summed E-state index contributed by atoms with van der Waals surface area (Å²) in [5.41, 5.74) is 1.91. The van der Waals surface area contributed by atoms with Crippen molar-refractivity contribution in [3.8, 4) is 28.4 Å². The minimum atomic E-state index is -4.79. The number of methoxy groups -OCH3 is 2. The van der Waals surface area contributed by atoms with Crippen LogP contribution in [0.2, 0.25) is 0 Å². The van der Waals surface area contributed by atoms with Crippen LogP contribution >= 0.6 is 0 Å². The highest BCUT2D eigenvalue weighted by Gasteiger charge is 2.31. The van der Waals surface area contributed by atoms with Gasteiger partial charge < -0.3 is 24.0 Å². The van der Waals surface area contributed by atoms with Crippen molar-refractivity contribution in [3.05, 3.63) is 60.6 Å². The van der Waals surface area contributed by atoms with E-state index >= 15 is 0 Å². The largest absolute Gasteiger partial charge is 0.573 e. The Bertz CT molecular complexity index is 1450. The first kappa shape index (κ1) is 25.1. The topological polar surface area (TPSA) is 94.3 Å². The normalized spacial score (nSPS) is 14.0. The number of carbonyl (C=O) groups excluding carboxylic acids is 1. The molecule has 1 aliphatic heterocycles. The first-order valence-electron chi connectivity index (χ1n) is 11.6. The zero-order chi connectivity index (χ0) is 26.9. The third kappa shape index (κ3) is 4.99. The van der Waals surface area contributed by atoms with Crippen molar-refractivity contribution in [1.29, 1.82) is 0 Å². The van der Waals surface area contributed by atoms with Crippen molar-refractivity contribution < 1.29 is 32.2 Å². The number of carbonyl (C=O) groups is 1. The fourth-order valence-electron chi connectivity index (χ4n) is 4.38. The summed E-state index contributed by atoms with van der Waals surface area (Å²) in [7, 11) is 3.13. The molecule has 1 fully saturated rings. The van der Waals surface area contributed by atoms with Gasteiger partial charge in [-0.05, 0) is 42.0 Å². The van der Waals surface area contributed by atoms with Gasteiger partial charge in [0.1, 0.15) is 17.9 Å². The Morgan fingerprint density at radius 2 is 1.63 bits per heavy atom. The number of halogens is 3. The van der Waals surface area contributed by atoms with Crippen LogP contribution in [0.15, 0.2) is 55.0 Å². The fourth-order valence-corrected chi connectivity index (χ4v) is 4.38. The van der Waals surface area contributed by atoms with Gasteiger partial charge in [0.2, 0.25) is 0 Å². The summed E-state index contributed by atoms with van der Waals surface area (Å²) in [4.78, 5) is 25.4. The summed E-state index contributed by atoms with van der Waals surface area (Å²) in [6.07, 6.45) is -1.64. The van der Waals surface area contributed by atoms with Crippen molar-refractivity contribution in [2.75, 3.05) is 45.3 Å². The molecule has 38 heavy (non-hydrogen) atoms. The van der Waals surface area contributed by atoms with Crippen LogP contribution in [0, 0.1) is 0 Å². The van der Waals surface area contributed by atoms with E-state index in [1.54, 1.807) is 29.8 Å². The molecule has 198 valence electrons. The van der Waals surface area contributed by atoms with Gasteiger partial charge in [0.05, 0.1) is 14.2 Å². The van der Waals surface area contributed by atoms with Gasteiger partial charge in [-0.3, -0.25) is 4.79 Å². The lowest BCUT2D eigenvalue weighted by atomic mass is 10.1. The molecule has 1 amide bonds. The standard InChI is InChI=1S/C25H23F3N6O4/c1-36-20-8-5-17(13-21(20)37-2)19-14-29-24-30-15-31-34(24)22(19)32-9-11-33(12-10-32)23(35)16-3-6-18(7-4-16)38-25(26,27)28/h3-8,13-15H,9-12H2,1-2H3. The van der Waals surface area contributed by atoms with E-state index in [2.05, 4.69) is 24.7 Å². The molecule has 10 nitrogen and oxygen atoms in total. The number of anilines is 1. The second-order valence-corrected chi connectivity index (χ2v) is 8.39. The minimum absolute atomic E-state index is 0.274. The summed E-state index contributed by atoms with van der Waals surface area (Å²) < 4.78 is 53.6. The molecule has 0 saturated carbocycles. The number of aromatic nitrogens is 4. The van der Waals surface area contributed by atoms with Crippen LogP contribution in [0.3, 0.4) is 0 Å². The van der Waals surface area contributed by atoms with E-state index in [1.165, 1.54) is 18.5 Å². The summed E-state index contributed by atoms with van der Waals surface area (Å²) in [6.45, 7) is 1.76. The van der Waals surface area contributed by atoms with E-state index < -0.39 is 6.36 Å². The van der Waals surface area contributed by atoms with Gasteiger partial charge in [0.15, 0.2) is 11.5 Å². The van der Waals surface area contributed by atoms with Gasteiger partial charge in [-0.25, -0.2) is 4.98 Å². The molecule has 2 aromatic heterocycles. The van der Waals surface area contributed by atoms with Crippen LogP contribution in [0.25, 0.3) is 16.9 Å². The summed E-state index contributed by atoms with van der Waals surface area (Å²) >= 11 is 0. The zero-order valence-electron chi connectivity index (χ0n) is 20.5. The average molecular weight is 528 g/mol. The monoisotopic (exact) mass is 528 g/mol. The predicted octanol–water partition coefficient (Wildman–Crippen LogP) is 3.67. The number of fused-ring (bicyclic) bond motifs is 1. The molecule has 0 atom stereocenters. The Labute approximate surface area is 215 Å². The van der Waals surface area contributed by atoms with Crippen molar-refractivity contribution >= 4 is 17.5 Å². The Morgan fingerprint density at radius 1 is 0.921 bits per heavy atom. The first-order chi connectivity index (χ1) is 18.3. The van der Waals surface area contributed by atoms with Crippen LogP contribution in [0.4, 0.5) is 19.0 Å². The molecule has 0 spiro atoms. The molecular formula is C25H23F3N6O4. The highest BCUT2D eigenvalue weighted by Crippen LogP contribution is 2.36. The van der Waals surface area contributed by atoms with E-state index in [-0.39, 0.29) is 17.2 Å². The molecule has 1 aliphatic rings. The van der Waals surface area contributed by atoms with E-state index in [1.807, 2.05) is 18.2 Å². The van der Waals surface area contributed by atoms with Crippen LogP contribution in [-0.4, -0.2) is 77.2 Å². The highest BCUT2D eigenvalue weighted by atomic mass is 19.4. The third-order valence-electron chi connectivity index (χ3n) is 6.18. The number of benzene rings is 2. The van der Waals surface area contributed by atoms with Gasteiger partial charge in [-0.1, -0.05) is 6.07 Å². The van der Waals surface area contributed by atoms with Gasteiger partial charge in [-0.15, -0.1) is 13.2 Å². The van der Waals surface area contributed by atoms with Gasteiger partial charge in [0, 0.05) is 43.5 Å². The number of ether oxygens (including phenoxy) is 3. The molecule has 0 radical (unpaired) electrons. The van der Waals surface area contributed by atoms with E-state index in [9.17, 15) is 18.0 Å². The lowest BCUT2D eigenvalue weighted by Gasteiger charge is -2.36. The van der Waals surface area contributed by atoms with E-state index in [0.717, 1.165) is 29.1 Å². The second kappa shape index (κ2) is 10.1. The van der Waals surface area contributed by atoms with Crippen LogP contribution < -0.4 is 19.1 Å². The maximum Gasteiger partial charge on any atom is 0.573 e. The third-order valence-corrected chi connectivity index (χ3v) is 6.18. The molecule has 2 aromatic carbocycles. The van der Waals surface area contributed by atoms with Gasteiger partial charge in [-0.2, -0.15) is 14.6 Å². The number of hydrogen-bond donors (Lipinski definition) is 0. The number of hydrogen-bond acceptors (Lipinski definition) is 8. The van der Waals surface area contributed by atoms with E-state index in [4.69, 9.17) is 9.47 Å². The lowest BCUT2D eigenvalue weighted by molar-refractivity contribution is -0.274. The molecule has 13 heteroatoms. The minimum Gasteiger partial charge on any atom is -0.493 e. The summed E-state index contributed by atoms with van der Waals surface area (Å²) in [6, 6.07) is 10.5. The van der Waals surface area contributed by atoms with Gasteiger partial charge >= 0.3 is 6.36 Å². The van der Waals surface area contributed by atoms with Crippen molar-refractivity contribution in [2.24, 2.45) is 0 Å². The fraction of sp³-hybridized carbons (Fsp3) is 0.280. The molecular weight excluding hydrogens is 505 g/mol. The number of rotatable bonds is 6. The van der Waals surface area contributed by atoms with Crippen LogP contribution in [0.5, 0.6) is 17.2 Å². The quantitative estimate of drug-likeness (QED) is 0.374. The Kier molecular flexibility index (Phi) is 6.66. The molecule has 0 unspecified atom stereocenters. The number of amides is 1. The SMILES string of the molecule is COc1ccc(-c2cnc3ncnn3c2N2CCN(C(=O)c3ccc(OC(F)(F)F)cc3)CC2)cc1OC. The Balaban J connectivity index is 1.37. The molecule has 0 N–H and O–H groups in total. The number of piperazine rings is 1. The predicted molar refractivity (Wildman–Crippen MR) is 131 cm³/mol. The Hall–Kier alpha value is -4.55. The first-order valence-corrected chi connectivity index (χ1v) is 11.6. The van der Waals surface area contributed by atoms with Gasteiger partial charge in [0.25, 0.3) is 11.7 Å². The zero-order valence-corrected chi connectivity index (χ0v) is 20.5. The van der Waals surface area contributed by atoms with Crippen LogP contribution in [0.1, 0.15) is 10.4 Å². The molecule has 3 heterocycles. The van der Waals surface area contributed by atoms with Crippen molar-refractivity contribution in [1.82, 2.24) is 24.5 Å². The maximum atomic E-state index is 13.0. The summed E-state index contributed by atoms with van der Waals surface area (Å²) in [5, 5.41) is 4.36. The number of nitrogens with zero attached hydrogens (tertiary/aromatic N) is 6. The lowest BCUT2D eigenvalue weighted by Crippen LogP contribution is -2.49. The molecule has 0 bridgehead atoms.